The Hall–Kier alpha value is -1.05. The molecule has 2 atom stereocenters. The fourth-order valence-corrected chi connectivity index (χ4v) is 2.88. The Bertz CT molecular complexity index is 379. The van der Waals surface area contributed by atoms with Gasteiger partial charge in [-0.2, -0.15) is 0 Å². The van der Waals surface area contributed by atoms with Gasteiger partial charge in [0.2, 0.25) is 0 Å². The fourth-order valence-electron chi connectivity index (χ4n) is 2.88. The first-order valence-electron chi connectivity index (χ1n) is 6.60. The molecule has 2 unspecified atom stereocenters. The van der Waals surface area contributed by atoms with Crippen molar-refractivity contribution >= 4 is 5.69 Å². The highest BCUT2D eigenvalue weighted by atomic mass is 19.1. The number of hydrogen-bond acceptors (Lipinski definition) is 1. The highest BCUT2D eigenvalue weighted by Gasteiger charge is 2.27. The molecular formula is C15H22FN. The molecule has 1 aliphatic rings. The summed E-state index contributed by atoms with van der Waals surface area (Å²) in [6, 6.07) is 5.82. The molecule has 1 aromatic rings. The van der Waals surface area contributed by atoms with E-state index in [9.17, 15) is 4.39 Å². The van der Waals surface area contributed by atoms with Crippen LogP contribution in [0.15, 0.2) is 18.2 Å². The van der Waals surface area contributed by atoms with Crippen LogP contribution < -0.4 is 5.32 Å². The Labute approximate surface area is 103 Å². The van der Waals surface area contributed by atoms with Crippen LogP contribution in [0.2, 0.25) is 0 Å². The molecule has 1 aliphatic carbocycles. The van der Waals surface area contributed by atoms with Crippen LogP contribution in [0, 0.1) is 24.6 Å². The zero-order chi connectivity index (χ0) is 12.4. The van der Waals surface area contributed by atoms with Crippen LogP contribution in [0.4, 0.5) is 10.1 Å². The second-order valence-corrected chi connectivity index (χ2v) is 5.54. The highest BCUT2D eigenvalue weighted by Crippen LogP contribution is 2.31. The Morgan fingerprint density at radius 1 is 1.18 bits per heavy atom. The van der Waals surface area contributed by atoms with Crippen molar-refractivity contribution < 1.29 is 4.39 Å². The molecule has 94 valence electrons. The van der Waals surface area contributed by atoms with E-state index in [1.165, 1.54) is 19.3 Å². The normalized spacial score (nSPS) is 29.1. The van der Waals surface area contributed by atoms with E-state index in [1.807, 2.05) is 19.1 Å². The van der Waals surface area contributed by atoms with Crippen LogP contribution >= 0.6 is 0 Å². The molecule has 0 aliphatic heterocycles. The summed E-state index contributed by atoms with van der Waals surface area (Å²) in [5.74, 6) is 1.12. The number of benzene rings is 1. The topological polar surface area (TPSA) is 12.0 Å². The predicted molar refractivity (Wildman–Crippen MR) is 70.7 cm³/mol. The van der Waals surface area contributed by atoms with E-state index >= 15 is 0 Å². The molecule has 1 aromatic carbocycles. The van der Waals surface area contributed by atoms with Crippen LogP contribution in [-0.2, 0) is 0 Å². The van der Waals surface area contributed by atoms with Crippen LogP contribution in [0.1, 0.15) is 38.7 Å². The van der Waals surface area contributed by atoms with Crippen LogP contribution in [0.3, 0.4) is 0 Å². The third kappa shape index (κ3) is 2.80. The lowest BCUT2D eigenvalue weighted by Gasteiger charge is -2.36. The minimum absolute atomic E-state index is 0.130. The maximum absolute atomic E-state index is 13.8. The third-order valence-corrected chi connectivity index (χ3v) is 3.99. The molecule has 0 amide bonds. The van der Waals surface area contributed by atoms with E-state index in [0.717, 1.165) is 5.56 Å². The van der Waals surface area contributed by atoms with Gasteiger partial charge in [-0.25, -0.2) is 4.39 Å². The molecule has 0 bridgehead atoms. The van der Waals surface area contributed by atoms with Gasteiger partial charge in [-0.3, -0.25) is 0 Å². The van der Waals surface area contributed by atoms with Gasteiger partial charge in [0.15, 0.2) is 0 Å². The van der Waals surface area contributed by atoms with Gasteiger partial charge in [0.05, 0.1) is 5.69 Å². The van der Waals surface area contributed by atoms with Crippen molar-refractivity contribution in [1.29, 1.82) is 0 Å². The Balaban J connectivity index is 2.13. The Morgan fingerprint density at radius 2 is 1.82 bits per heavy atom. The molecule has 1 nitrogen and oxygen atoms in total. The lowest BCUT2D eigenvalue weighted by Crippen LogP contribution is -2.37. The second kappa shape index (κ2) is 5.07. The summed E-state index contributed by atoms with van der Waals surface area (Å²) in [4.78, 5) is 0. The average molecular weight is 235 g/mol. The first-order chi connectivity index (χ1) is 8.08. The molecule has 0 saturated heterocycles. The van der Waals surface area contributed by atoms with Crippen LogP contribution in [-0.4, -0.2) is 6.04 Å². The largest absolute Gasteiger partial charge is 0.379 e. The van der Waals surface area contributed by atoms with E-state index in [2.05, 4.69) is 19.2 Å². The van der Waals surface area contributed by atoms with Crippen molar-refractivity contribution in [1.82, 2.24) is 0 Å². The van der Waals surface area contributed by atoms with Crippen molar-refractivity contribution in [3.63, 3.8) is 0 Å². The van der Waals surface area contributed by atoms with Gasteiger partial charge in [-0.15, -0.1) is 0 Å². The number of rotatable bonds is 2. The molecule has 0 heterocycles. The minimum atomic E-state index is -0.130. The zero-order valence-electron chi connectivity index (χ0n) is 11.0. The number of nitrogens with one attached hydrogen (secondary N) is 1. The fraction of sp³-hybridized carbons (Fsp3) is 0.600. The second-order valence-electron chi connectivity index (χ2n) is 5.54. The van der Waals surface area contributed by atoms with E-state index in [-0.39, 0.29) is 5.82 Å². The maximum Gasteiger partial charge on any atom is 0.146 e. The summed E-state index contributed by atoms with van der Waals surface area (Å²) < 4.78 is 13.8. The van der Waals surface area contributed by atoms with Gasteiger partial charge in [-0.05, 0) is 49.3 Å². The molecular weight excluding hydrogens is 213 g/mol. The van der Waals surface area contributed by atoms with Gasteiger partial charge < -0.3 is 5.32 Å². The summed E-state index contributed by atoms with van der Waals surface area (Å²) in [7, 11) is 0. The Kier molecular flexibility index (Phi) is 3.70. The zero-order valence-corrected chi connectivity index (χ0v) is 11.0. The number of hydrogen-bond donors (Lipinski definition) is 1. The van der Waals surface area contributed by atoms with Crippen LogP contribution in [0.25, 0.3) is 0 Å². The third-order valence-electron chi connectivity index (χ3n) is 3.99. The lowest BCUT2D eigenvalue weighted by atomic mass is 9.78. The predicted octanol–water partition coefficient (Wildman–Crippen LogP) is 4.37. The summed E-state index contributed by atoms with van der Waals surface area (Å²) in [5.41, 5.74) is 1.62. The molecule has 17 heavy (non-hydrogen) atoms. The highest BCUT2D eigenvalue weighted by molar-refractivity contribution is 5.47. The molecule has 2 heteroatoms. The number of halogens is 1. The monoisotopic (exact) mass is 235 g/mol. The first-order valence-corrected chi connectivity index (χ1v) is 6.60. The summed E-state index contributed by atoms with van der Waals surface area (Å²) in [5, 5.41) is 3.40. The summed E-state index contributed by atoms with van der Waals surface area (Å²) in [6.07, 6.45) is 3.79. The van der Waals surface area contributed by atoms with Crippen molar-refractivity contribution in [2.45, 2.75) is 46.1 Å². The Morgan fingerprint density at radius 3 is 2.41 bits per heavy atom. The summed E-state index contributed by atoms with van der Waals surface area (Å²) >= 11 is 0. The van der Waals surface area contributed by atoms with E-state index < -0.39 is 0 Å². The van der Waals surface area contributed by atoms with Gasteiger partial charge in [0.25, 0.3) is 0 Å². The smallest absolute Gasteiger partial charge is 0.146 e. The maximum atomic E-state index is 13.8. The van der Waals surface area contributed by atoms with Gasteiger partial charge >= 0.3 is 0 Å². The molecule has 0 radical (unpaired) electrons. The molecule has 1 N–H and O–H groups in total. The van der Waals surface area contributed by atoms with Crippen molar-refractivity contribution in [2.24, 2.45) is 11.8 Å². The first kappa shape index (κ1) is 12.4. The van der Waals surface area contributed by atoms with E-state index in [0.29, 0.717) is 23.6 Å². The summed E-state index contributed by atoms with van der Waals surface area (Å²) in [6.45, 7) is 6.44. The average Bonchev–Trinajstić information content (AvgIpc) is 2.26. The standard InChI is InChI=1S/C15H22FN/c1-10-7-8-14(13(16)9-10)17-15-11(2)5-4-6-12(15)3/h7-9,11-12,15,17H,4-6H2,1-3H3. The van der Waals surface area contributed by atoms with E-state index in [1.54, 1.807) is 6.07 Å². The number of anilines is 1. The molecule has 0 spiro atoms. The molecule has 1 saturated carbocycles. The minimum Gasteiger partial charge on any atom is -0.379 e. The van der Waals surface area contributed by atoms with Gasteiger partial charge in [0.1, 0.15) is 5.82 Å². The van der Waals surface area contributed by atoms with Gasteiger partial charge in [-0.1, -0.05) is 26.3 Å². The van der Waals surface area contributed by atoms with Crippen molar-refractivity contribution in [2.75, 3.05) is 5.32 Å². The quantitative estimate of drug-likeness (QED) is 0.802. The number of aryl methyl sites for hydroxylation is 1. The van der Waals surface area contributed by atoms with Crippen molar-refractivity contribution in [3.05, 3.63) is 29.6 Å². The lowest BCUT2D eigenvalue weighted by molar-refractivity contribution is 0.267. The van der Waals surface area contributed by atoms with Crippen LogP contribution in [0.5, 0.6) is 0 Å². The van der Waals surface area contributed by atoms with Gasteiger partial charge in [0, 0.05) is 6.04 Å². The molecule has 0 aromatic heterocycles. The van der Waals surface area contributed by atoms with E-state index in [4.69, 9.17) is 0 Å². The van der Waals surface area contributed by atoms with Crippen molar-refractivity contribution in [3.8, 4) is 0 Å². The SMILES string of the molecule is Cc1ccc(NC2C(C)CCCC2C)c(F)c1. The molecule has 2 rings (SSSR count). The molecule has 1 fully saturated rings.